The maximum Gasteiger partial charge on any atom is 0.339 e. The standard InChI is InChI=1S/C24H25N3O5/c1-16-6-4-7-17(12-16)15-27-11-5-8-19(27)14-25-24(30)26-21-13-18(22(28)31-2)9-10-20(21)23(29)32-3/h4-13H,14-15H2,1-3H3,(H2,25,26,30). The second-order valence-corrected chi connectivity index (χ2v) is 7.17. The van der Waals surface area contributed by atoms with Crippen LogP contribution in [0, 0.1) is 6.92 Å². The quantitative estimate of drug-likeness (QED) is 0.551. The smallest absolute Gasteiger partial charge is 0.339 e. The Labute approximate surface area is 186 Å². The van der Waals surface area contributed by atoms with Crippen molar-refractivity contribution in [3.8, 4) is 0 Å². The van der Waals surface area contributed by atoms with Crippen LogP contribution in [0.2, 0.25) is 0 Å². The molecule has 8 nitrogen and oxygen atoms in total. The molecule has 2 amide bonds. The number of hydrogen-bond acceptors (Lipinski definition) is 5. The summed E-state index contributed by atoms with van der Waals surface area (Å²) in [5.74, 6) is -1.22. The minimum absolute atomic E-state index is 0.123. The monoisotopic (exact) mass is 435 g/mol. The third-order valence-corrected chi connectivity index (χ3v) is 4.88. The molecule has 2 aromatic carbocycles. The first-order valence-electron chi connectivity index (χ1n) is 9.96. The topological polar surface area (TPSA) is 98.7 Å². The molecule has 3 aromatic rings. The molecule has 0 radical (unpaired) electrons. The Morgan fingerprint density at radius 3 is 2.44 bits per heavy atom. The van der Waals surface area contributed by atoms with Crippen LogP contribution in [0.5, 0.6) is 0 Å². The van der Waals surface area contributed by atoms with E-state index in [9.17, 15) is 14.4 Å². The van der Waals surface area contributed by atoms with Crippen molar-refractivity contribution in [3.63, 3.8) is 0 Å². The molecule has 0 spiro atoms. The van der Waals surface area contributed by atoms with Crippen LogP contribution in [-0.4, -0.2) is 36.8 Å². The average Bonchev–Trinajstić information content (AvgIpc) is 3.23. The molecule has 0 aliphatic heterocycles. The van der Waals surface area contributed by atoms with Crippen molar-refractivity contribution in [1.82, 2.24) is 9.88 Å². The van der Waals surface area contributed by atoms with Crippen LogP contribution in [0.3, 0.4) is 0 Å². The number of benzene rings is 2. The van der Waals surface area contributed by atoms with Gasteiger partial charge in [0.2, 0.25) is 0 Å². The Balaban J connectivity index is 1.70. The number of amides is 2. The lowest BCUT2D eigenvalue weighted by Crippen LogP contribution is -2.30. The maximum absolute atomic E-state index is 12.5. The molecule has 2 N–H and O–H groups in total. The molecular formula is C24H25N3O5. The minimum atomic E-state index is -0.635. The third kappa shape index (κ3) is 5.54. The predicted octanol–water partition coefficient (Wildman–Crippen LogP) is 3.74. The molecule has 166 valence electrons. The van der Waals surface area contributed by atoms with Gasteiger partial charge >= 0.3 is 18.0 Å². The number of hydrogen-bond donors (Lipinski definition) is 2. The van der Waals surface area contributed by atoms with Gasteiger partial charge in [0, 0.05) is 18.4 Å². The number of esters is 2. The number of carbonyl (C=O) groups excluding carboxylic acids is 3. The summed E-state index contributed by atoms with van der Waals surface area (Å²) in [6.45, 7) is 3.00. The molecule has 1 heterocycles. The first-order valence-corrected chi connectivity index (χ1v) is 9.96. The molecule has 0 bridgehead atoms. The maximum atomic E-state index is 12.5. The van der Waals surface area contributed by atoms with Crippen LogP contribution in [0.1, 0.15) is 37.5 Å². The van der Waals surface area contributed by atoms with Gasteiger partial charge < -0.3 is 24.7 Å². The molecule has 0 atom stereocenters. The van der Waals surface area contributed by atoms with Gasteiger partial charge in [0.25, 0.3) is 0 Å². The largest absolute Gasteiger partial charge is 0.465 e. The lowest BCUT2D eigenvalue weighted by Gasteiger charge is -2.14. The van der Waals surface area contributed by atoms with Crippen molar-refractivity contribution in [1.29, 1.82) is 0 Å². The van der Waals surface area contributed by atoms with E-state index in [1.807, 2.05) is 42.0 Å². The van der Waals surface area contributed by atoms with E-state index in [4.69, 9.17) is 9.47 Å². The van der Waals surface area contributed by atoms with Crippen molar-refractivity contribution < 1.29 is 23.9 Å². The fourth-order valence-corrected chi connectivity index (χ4v) is 3.29. The zero-order valence-corrected chi connectivity index (χ0v) is 18.2. The van der Waals surface area contributed by atoms with Crippen LogP contribution in [0.15, 0.2) is 60.8 Å². The fourth-order valence-electron chi connectivity index (χ4n) is 3.29. The van der Waals surface area contributed by atoms with Gasteiger partial charge in [-0.2, -0.15) is 0 Å². The zero-order valence-electron chi connectivity index (χ0n) is 18.2. The lowest BCUT2D eigenvalue weighted by atomic mass is 10.1. The first-order chi connectivity index (χ1) is 15.4. The molecule has 1 aromatic heterocycles. The highest BCUT2D eigenvalue weighted by Crippen LogP contribution is 2.20. The predicted molar refractivity (Wildman–Crippen MR) is 120 cm³/mol. The van der Waals surface area contributed by atoms with E-state index < -0.39 is 18.0 Å². The normalized spacial score (nSPS) is 10.3. The summed E-state index contributed by atoms with van der Waals surface area (Å²) in [7, 11) is 2.49. The summed E-state index contributed by atoms with van der Waals surface area (Å²) in [4.78, 5) is 36.4. The fraction of sp³-hybridized carbons (Fsp3) is 0.208. The summed E-state index contributed by atoms with van der Waals surface area (Å²) in [6, 6.07) is 15.8. The van der Waals surface area contributed by atoms with Gasteiger partial charge in [0.15, 0.2) is 0 Å². The SMILES string of the molecule is COC(=O)c1ccc(C(=O)OC)c(NC(=O)NCc2cccn2Cc2cccc(C)c2)c1. The molecule has 0 aliphatic rings. The van der Waals surface area contributed by atoms with Crippen molar-refractivity contribution in [2.24, 2.45) is 0 Å². The van der Waals surface area contributed by atoms with Gasteiger partial charge in [-0.25, -0.2) is 14.4 Å². The number of methoxy groups -OCH3 is 2. The number of aromatic nitrogens is 1. The highest BCUT2D eigenvalue weighted by Gasteiger charge is 2.17. The summed E-state index contributed by atoms with van der Waals surface area (Å²) in [5.41, 5.74) is 3.73. The summed E-state index contributed by atoms with van der Waals surface area (Å²) >= 11 is 0. The van der Waals surface area contributed by atoms with E-state index in [1.165, 1.54) is 38.0 Å². The second kappa shape index (κ2) is 10.3. The molecule has 32 heavy (non-hydrogen) atoms. The van der Waals surface area contributed by atoms with Gasteiger partial charge in [-0.1, -0.05) is 29.8 Å². The first kappa shape index (κ1) is 22.6. The van der Waals surface area contributed by atoms with Gasteiger partial charge in [-0.3, -0.25) is 0 Å². The molecule has 3 rings (SSSR count). The van der Waals surface area contributed by atoms with E-state index in [2.05, 4.69) is 22.8 Å². The van der Waals surface area contributed by atoms with Gasteiger partial charge in [-0.15, -0.1) is 0 Å². The van der Waals surface area contributed by atoms with E-state index in [1.54, 1.807) is 0 Å². The summed E-state index contributed by atoms with van der Waals surface area (Å²) in [5, 5.41) is 5.40. The molecule has 0 saturated carbocycles. The number of nitrogens with zero attached hydrogens (tertiary/aromatic N) is 1. The Kier molecular flexibility index (Phi) is 7.28. The average molecular weight is 435 g/mol. The Bertz CT molecular complexity index is 1140. The van der Waals surface area contributed by atoms with Crippen LogP contribution in [0.4, 0.5) is 10.5 Å². The van der Waals surface area contributed by atoms with Crippen molar-refractivity contribution in [2.45, 2.75) is 20.0 Å². The summed E-state index contributed by atoms with van der Waals surface area (Å²) < 4.78 is 11.5. The number of rotatable bonds is 7. The third-order valence-electron chi connectivity index (χ3n) is 4.88. The van der Waals surface area contributed by atoms with Crippen molar-refractivity contribution in [3.05, 3.63) is 88.7 Å². The van der Waals surface area contributed by atoms with E-state index in [0.717, 1.165) is 11.3 Å². The zero-order chi connectivity index (χ0) is 23.1. The molecule has 0 unspecified atom stereocenters. The Hall–Kier alpha value is -4.07. The van der Waals surface area contributed by atoms with Crippen molar-refractivity contribution >= 4 is 23.7 Å². The number of anilines is 1. The van der Waals surface area contributed by atoms with E-state index in [0.29, 0.717) is 6.54 Å². The number of urea groups is 1. The highest BCUT2D eigenvalue weighted by atomic mass is 16.5. The lowest BCUT2D eigenvalue weighted by molar-refractivity contribution is 0.0587. The Morgan fingerprint density at radius 1 is 0.938 bits per heavy atom. The molecule has 0 saturated heterocycles. The number of ether oxygens (including phenoxy) is 2. The van der Waals surface area contributed by atoms with E-state index >= 15 is 0 Å². The molecule has 0 aliphatic carbocycles. The number of nitrogens with one attached hydrogen (secondary N) is 2. The van der Waals surface area contributed by atoms with Crippen molar-refractivity contribution in [2.75, 3.05) is 19.5 Å². The van der Waals surface area contributed by atoms with Gasteiger partial charge in [0.1, 0.15) is 0 Å². The van der Waals surface area contributed by atoms with E-state index in [-0.39, 0.29) is 23.4 Å². The summed E-state index contributed by atoms with van der Waals surface area (Å²) in [6.07, 6.45) is 1.95. The Morgan fingerprint density at radius 2 is 1.72 bits per heavy atom. The highest BCUT2D eigenvalue weighted by molar-refractivity contribution is 6.03. The molecular weight excluding hydrogens is 410 g/mol. The second-order valence-electron chi connectivity index (χ2n) is 7.17. The van der Waals surface area contributed by atoms with Crippen LogP contribution in [0.25, 0.3) is 0 Å². The van der Waals surface area contributed by atoms with Gasteiger partial charge in [0.05, 0.1) is 37.6 Å². The minimum Gasteiger partial charge on any atom is -0.465 e. The van der Waals surface area contributed by atoms with Crippen LogP contribution >= 0.6 is 0 Å². The van der Waals surface area contributed by atoms with Crippen LogP contribution in [-0.2, 0) is 22.6 Å². The molecule has 0 fully saturated rings. The number of aryl methyl sites for hydroxylation is 1. The van der Waals surface area contributed by atoms with Crippen LogP contribution < -0.4 is 10.6 Å². The van der Waals surface area contributed by atoms with Gasteiger partial charge in [-0.05, 0) is 42.8 Å². The molecule has 8 heteroatoms. The number of carbonyl (C=O) groups is 3.